The molecule has 0 aliphatic rings. The molecule has 2 nitrogen and oxygen atoms in total. The molecule has 1 aromatic rings. The Balaban J connectivity index is 2.87. The summed E-state index contributed by atoms with van der Waals surface area (Å²) in [4.78, 5) is 0. The lowest BCUT2D eigenvalue weighted by molar-refractivity contribution is -0.139. The van der Waals surface area contributed by atoms with Crippen LogP contribution in [-0.2, 0) is 11.0 Å². The molecule has 0 aliphatic heterocycles. The summed E-state index contributed by atoms with van der Waals surface area (Å²) in [6.45, 7) is 4.85. The van der Waals surface area contributed by atoms with E-state index in [1.165, 1.54) is 6.08 Å². The Morgan fingerprint density at radius 3 is 2.15 bits per heavy atom. The zero-order valence-corrected chi connectivity index (χ0v) is 12.4. The predicted octanol–water partition coefficient (Wildman–Crippen LogP) is 3.68. The lowest BCUT2D eigenvalue weighted by Gasteiger charge is -2.24. The Morgan fingerprint density at radius 1 is 1.15 bits per heavy atom. The molecular weight excluding hydrogens is 287 g/mol. The summed E-state index contributed by atoms with van der Waals surface area (Å²) < 4.78 is 51.9. The van der Waals surface area contributed by atoms with Crippen LogP contribution < -0.4 is 4.72 Å². The average Bonchev–Trinajstić information content (AvgIpc) is 2.32. The van der Waals surface area contributed by atoms with Gasteiger partial charge in [0.15, 0.2) is 0 Å². The molecule has 20 heavy (non-hydrogen) atoms. The van der Waals surface area contributed by atoms with Gasteiger partial charge in [-0.05, 0) is 26.3 Å². The van der Waals surface area contributed by atoms with E-state index < -0.39 is 28.0 Å². The van der Waals surface area contributed by atoms with E-state index in [-0.39, 0.29) is 0 Å². The maximum atomic E-state index is 12.9. The van der Waals surface area contributed by atoms with Gasteiger partial charge in [-0.3, -0.25) is 0 Å². The van der Waals surface area contributed by atoms with Crippen molar-refractivity contribution in [2.75, 3.05) is 0 Å². The van der Waals surface area contributed by atoms with Gasteiger partial charge in [-0.15, -0.1) is 0 Å². The molecule has 0 aromatic heterocycles. The first kappa shape index (κ1) is 16.9. The topological polar surface area (TPSA) is 29.1 Å². The van der Waals surface area contributed by atoms with Crippen molar-refractivity contribution < 1.29 is 17.4 Å². The molecule has 0 heterocycles. The van der Waals surface area contributed by atoms with Gasteiger partial charge in [-0.25, -0.2) is 8.93 Å². The fourth-order valence-electron chi connectivity index (χ4n) is 1.28. The maximum absolute atomic E-state index is 12.9. The lowest BCUT2D eigenvalue weighted by Crippen LogP contribution is -2.46. The Morgan fingerprint density at radius 2 is 1.70 bits per heavy atom. The van der Waals surface area contributed by atoms with E-state index in [4.69, 9.17) is 0 Å². The van der Waals surface area contributed by atoms with Gasteiger partial charge in [-0.1, -0.05) is 42.5 Å². The number of alkyl halides is 3. The van der Waals surface area contributed by atoms with Gasteiger partial charge in [0, 0.05) is 0 Å². The Hall–Kier alpha value is -1.14. The Labute approximate surface area is 119 Å². The predicted molar refractivity (Wildman–Crippen MR) is 76.4 cm³/mol. The molecule has 0 saturated heterocycles. The van der Waals surface area contributed by atoms with Crippen LogP contribution in [0.1, 0.15) is 26.3 Å². The number of halogens is 3. The fourth-order valence-corrected chi connectivity index (χ4v) is 2.08. The van der Waals surface area contributed by atoms with Gasteiger partial charge in [0.25, 0.3) is 0 Å². The average molecular weight is 305 g/mol. The number of hydrogen-bond acceptors (Lipinski definition) is 1. The molecule has 1 N–H and O–H groups in total. The standard InChI is InChI=1S/C14H18F3NOS/c1-13(2,3)20(19)18-12(14(15,16)17)10-9-11-7-5-4-6-8-11/h4-10,12,18H,1-3H3/b10-9+/t12-,20?/m1/s1. The quantitative estimate of drug-likeness (QED) is 0.903. The summed E-state index contributed by atoms with van der Waals surface area (Å²) in [5.74, 6) is 0. The highest BCUT2D eigenvalue weighted by molar-refractivity contribution is 7.84. The van der Waals surface area contributed by atoms with Gasteiger partial charge in [0.05, 0.1) is 15.7 Å². The molecule has 112 valence electrons. The van der Waals surface area contributed by atoms with Crippen LogP contribution in [0.15, 0.2) is 36.4 Å². The van der Waals surface area contributed by atoms with Crippen molar-refractivity contribution in [2.45, 2.75) is 37.7 Å². The molecule has 1 aromatic carbocycles. The molecule has 6 heteroatoms. The minimum absolute atomic E-state index is 0.657. The third kappa shape index (κ3) is 5.46. The van der Waals surface area contributed by atoms with Gasteiger partial charge < -0.3 is 0 Å². The summed E-state index contributed by atoms with van der Waals surface area (Å²) in [6, 6.07) is 6.72. The van der Waals surface area contributed by atoms with Crippen LogP contribution in [0.4, 0.5) is 13.2 Å². The zero-order chi connectivity index (χ0) is 15.4. The third-order valence-electron chi connectivity index (χ3n) is 2.42. The normalized spacial score (nSPS) is 16.3. The second-order valence-corrected chi connectivity index (χ2v) is 7.29. The summed E-state index contributed by atoms with van der Waals surface area (Å²) in [5, 5.41) is 0. The van der Waals surface area contributed by atoms with Crippen molar-refractivity contribution in [3.8, 4) is 0 Å². The van der Waals surface area contributed by atoms with Crippen molar-refractivity contribution in [3.63, 3.8) is 0 Å². The molecule has 0 amide bonds. The SMILES string of the molecule is CC(C)(C)S(=O)N[C@H](/C=C/c1ccccc1)C(F)(F)F. The second kappa shape index (κ2) is 6.54. The van der Waals surface area contributed by atoms with Crippen molar-refractivity contribution in [1.82, 2.24) is 4.72 Å². The minimum Gasteiger partial charge on any atom is -0.242 e. The molecule has 0 radical (unpaired) electrons. The summed E-state index contributed by atoms with van der Waals surface area (Å²) in [7, 11) is -1.79. The number of rotatable bonds is 4. The number of hydrogen-bond donors (Lipinski definition) is 1. The smallest absolute Gasteiger partial charge is 0.242 e. The number of benzene rings is 1. The van der Waals surface area contributed by atoms with Crippen molar-refractivity contribution in [2.24, 2.45) is 0 Å². The van der Waals surface area contributed by atoms with E-state index in [9.17, 15) is 17.4 Å². The summed E-state index contributed by atoms with van der Waals surface area (Å²) >= 11 is 0. The van der Waals surface area contributed by atoms with Crippen LogP contribution in [0, 0.1) is 0 Å². The highest BCUT2D eigenvalue weighted by atomic mass is 32.2. The van der Waals surface area contributed by atoms with E-state index in [1.807, 2.05) is 0 Å². The third-order valence-corrected chi connectivity index (χ3v) is 4.00. The van der Waals surface area contributed by atoms with Crippen LogP contribution >= 0.6 is 0 Å². The van der Waals surface area contributed by atoms with Gasteiger partial charge in [0.1, 0.15) is 6.04 Å². The second-order valence-electron chi connectivity index (χ2n) is 5.29. The van der Waals surface area contributed by atoms with E-state index in [2.05, 4.69) is 4.72 Å². The van der Waals surface area contributed by atoms with E-state index in [1.54, 1.807) is 51.1 Å². The monoisotopic (exact) mass is 305 g/mol. The Kier molecular flexibility index (Phi) is 5.53. The Bertz CT molecular complexity index is 477. The lowest BCUT2D eigenvalue weighted by atomic mass is 10.2. The van der Waals surface area contributed by atoms with Gasteiger partial charge >= 0.3 is 6.18 Å². The van der Waals surface area contributed by atoms with Gasteiger partial charge in [0.2, 0.25) is 0 Å². The first-order valence-electron chi connectivity index (χ1n) is 6.09. The zero-order valence-electron chi connectivity index (χ0n) is 11.6. The molecule has 0 aliphatic carbocycles. The van der Waals surface area contributed by atoms with Crippen LogP contribution in [0.25, 0.3) is 6.08 Å². The van der Waals surface area contributed by atoms with Crippen LogP contribution in [0.3, 0.4) is 0 Å². The van der Waals surface area contributed by atoms with Crippen molar-refractivity contribution >= 4 is 17.1 Å². The molecule has 0 fully saturated rings. The molecule has 2 atom stereocenters. The van der Waals surface area contributed by atoms with Crippen LogP contribution in [0.2, 0.25) is 0 Å². The molecular formula is C14H18F3NOS. The van der Waals surface area contributed by atoms with E-state index in [0.717, 1.165) is 6.08 Å². The van der Waals surface area contributed by atoms with E-state index in [0.29, 0.717) is 5.56 Å². The molecule has 1 rings (SSSR count). The molecule has 0 spiro atoms. The molecule has 1 unspecified atom stereocenters. The van der Waals surface area contributed by atoms with Crippen molar-refractivity contribution in [1.29, 1.82) is 0 Å². The molecule has 0 saturated carbocycles. The molecule has 0 bridgehead atoms. The fraction of sp³-hybridized carbons (Fsp3) is 0.429. The summed E-state index contributed by atoms with van der Waals surface area (Å²) in [6.07, 6.45) is -2.14. The summed E-state index contributed by atoms with van der Waals surface area (Å²) in [5.41, 5.74) is 0.657. The largest absolute Gasteiger partial charge is 0.408 e. The maximum Gasteiger partial charge on any atom is 0.408 e. The first-order chi connectivity index (χ1) is 9.10. The van der Waals surface area contributed by atoms with Gasteiger partial charge in [-0.2, -0.15) is 13.2 Å². The van der Waals surface area contributed by atoms with Crippen LogP contribution in [0.5, 0.6) is 0 Å². The highest BCUT2D eigenvalue weighted by Crippen LogP contribution is 2.23. The highest BCUT2D eigenvalue weighted by Gasteiger charge is 2.40. The minimum atomic E-state index is -4.49. The van der Waals surface area contributed by atoms with Crippen LogP contribution in [-0.4, -0.2) is 21.2 Å². The van der Waals surface area contributed by atoms with Crippen molar-refractivity contribution in [3.05, 3.63) is 42.0 Å². The first-order valence-corrected chi connectivity index (χ1v) is 7.24. The van der Waals surface area contributed by atoms with E-state index >= 15 is 0 Å². The number of nitrogens with one attached hydrogen (secondary N) is 1.